The van der Waals surface area contributed by atoms with Crippen LogP contribution in [0.3, 0.4) is 0 Å². The molecule has 1 aliphatic heterocycles. The highest BCUT2D eigenvalue weighted by molar-refractivity contribution is 5.79. The Bertz CT molecular complexity index is 441. The number of nitrogens with one attached hydrogen (secondary N) is 2. The number of amides is 1. The van der Waals surface area contributed by atoms with Gasteiger partial charge in [0.15, 0.2) is 0 Å². The number of hydrogen-bond donors (Lipinski definition) is 3. The van der Waals surface area contributed by atoms with Crippen LogP contribution in [0.1, 0.15) is 30.9 Å². The molecule has 0 aliphatic carbocycles. The van der Waals surface area contributed by atoms with Gasteiger partial charge in [-0.05, 0) is 50.0 Å². The number of aliphatic hydroxyl groups is 1. The molecule has 0 aromatic heterocycles. The van der Waals surface area contributed by atoms with Gasteiger partial charge in [-0.3, -0.25) is 4.79 Å². The number of benzene rings is 1. The van der Waals surface area contributed by atoms with Crippen molar-refractivity contribution in [2.75, 3.05) is 26.8 Å². The fourth-order valence-corrected chi connectivity index (χ4v) is 2.66. The quantitative estimate of drug-likeness (QED) is 0.737. The number of piperidine rings is 1. The maximum absolute atomic E-state index is 12.3. The molecular formula is C16H24N2O3. The molecule has 1 amide bonds. The molecule has 1 heterocycles. The Hall–Kier alpha value is -1.59. The molecule has 116 valence electrons. The molecule has 0 bridgehead atoms. The summed E-state index contributed by atoms with van der Waals surface area (Å²) in [6, 6.07) is 7.46. The summed E-state index contributed by atoms with van der Waals surface area (Å²) in [6.07, 6.45) is 2.27. The van der Waals surface area contributed by atoms with Crippen molar-refractivity contribution in [1.29, 1.82) is 0 Å². The molecule has 5 heteroatoms. The summed E-state index contributed by atoms with van der Waals surface area (Å²) >= 11 is 0. The molecular weight excluding hydrogens is 268 g/mol. The van der Waals surface area contributed by atoms with E-state index in [2.05, 4.69) is 10.6 Å². The predicted molar refractivity (Wildman–Crippen MR) is 81.2 cm³/mol. The molecule has 1 aromatic rings. The zero-order valence-electron chi connectivity index (χ0n) is 12.5. The van der Waals surface area contributed by atoms with E-state index in [4.69, 9.17) is 4.74 Å². The van der Waals surface area contributed by atoms with Gasteiger partial charge in [0.25, 0.3) is 0 Å². The summed E-state index contributed by atoms with van der Waals surface area (Å²) in [4.78, 5) is 12.3. The summed E-state index contributed by atoms with van der Waals surface area (Å²) in [7, 11) is 1.62. The van der Waals surface area contributed by atoms with Crippen molar-refractivity contribution in [2.24, 2.45) is 5.92 Å². The van der Waals surface area contributed by atoms with E-state index >= 15 is 0 Å². The fraction of sp³-hybridized carbons (Fsp3) is 0.562. The van der Waals surface area contributed by atoms with E-state index in [1.165, 1.54) is 0 Å². The van der Waals surface area contributed by atoms with Crippen LogP contribution in [-0.2, 0) is 4.79 Å². The Morgan fingerprint density at radius 1 is 1.38 bits per heavy atom. The van der Waals surface area contributed by atoms with Crippen molar-refractivity contribution in [2.45, 2.75) is 25.3 Å². The Morgan fingerprint density at radius 2 is 2.05 bits per heavy atom. The second-order valence-corrected chi connectivity index (χ2v) is 5.37. The van der Waals surface area contributed by atoms with Crippen molar-refractivity contribution in [3.63, 3.8) is 0 Å². The molecule has 3 N–H and O–H groups in total. The van der Waals surface area contributed by atoms with E-state index in [9.17, 15) is 9.90 Å². The summed E-state index contributed by atoms with van der Waals surface area (Å²) in [5, 5.41) is 15.6. The van der Waals surface area contributed by atoms with Crippen LogP contribution in [0.25, 0.3) is 0 Å². The molecule has 5 nitrogen and oxygen atoms in total. The number of rotatable bonds is 6. The number of carbonyl (C=O) groups is 1. The van der Waals surface area contributed by atoms with E-state index in [1.807, 2.05) is 24.3 Å². The lowest BCUT2D eigenvalue weighted by molar-refractivity contribution is -0.126. The lowest BCUT2D eigenvalue weighted by atomic mass is 9.95. The molecule has 1 saturated heterocycles. The summed E-state index contributed by atoms with van der Waals surface area (Å²) in [5.74, 6) is 0.947. The molecule has 1 aromatic carbocycles. The number of hydrogen-bond acceptors (Lipinski definition) is 4. The molecule has 21 heavy (non-hydrogen) atoms. The minimum absolute atomic E-state index is 0.0448. The standard InChI is InChI=1S/C16H24N2O3/c1-21-14-4-2-12(3-5-14)15(8-11-19)18-16(20)13-6-9-17-10-7-13/h2-5,13,15,17,19H,6-11H2,1H3,(H,18,20). The van der Waals surface area contributed by atoms with Gasteiger partial charge in [-0.1, -0.05) is 12.1 Å². The number of ether oxygens (including phenoxy) is 1. The Labute approximate surface area is 125 Å². The molecule has 1 atom stereocenters. The summed E-state index contributed by atoms with van der Waals surface area (Å²) in [6.45, 7) is 1.83. The SMILES string of the molecule is COc1ccc(C(CCO)NC(=O)C2CCNCC2)cc1. The third-order valence-electron chi connectivity index (χ3n) is 3.96. The third kappa shape index (κ3) is 4.44. The molecule has 0 radical (unpaired) electrons. The fourth-order valence-electron chi connectivity index (χ4n) is 2.66. The van der Waals surface area contributed by atoms with Gasteiger partial charge in [-0.2, -0.15) is 0 Å². The maximum Gasteiger partial charge on any atom is 0.223 e. The van der Waals surface area contributed by atoms with E-state index in [1.54, 1.807) is 7.11 Å². The Balaban J connectivity index is 2.01. The van der Waals surface area contributed by atoms with Crippen LogP contribution in [0.4, 0.5) is 0 Å². The number of aliphatic hydroxyl groups excluding tert-OH is 1. The molecule has 1 aliphatic rings. The zero-order valence-corrected chi connectivity index (χ0v) is 12.5. The van der Waals surface area contributed by atoms with E-state index < -0.39 is 0 Å². The van der Waals surface area contributed by atoms with Crippen LogP contribution in [0.15, 0.2) is 24.3 Å². The minimum atomic E-state index is -0.150. The van der Waals surface area contributed by atoms with Crippen LogP contribution < -0.4 is 15.4 Å². The third-order valence-corrected chi connectivity index (χ3v) is 3.96. The van der Waals surface area contributed by atoms with Gasteiger partial charge in [0.2, 0.25) is 5.91 Å². The summed E-state index contributed by atoms with van der Waals surface area (Å²) < 4.78 is 5.14. The average Bonchev–Trinajstić information content (AvgIpc) is 2.55. The number of carbonyl (C=O) groups excluding carboxylic acids is 1. The summed E-state index contributed by atoms with van der Waals surface area (Å²) in [5.41, 5.74) is 0.993. The van der Waals surface area contributed by atoms with Gasteiger partial charge >= 0.3 is 0 Å². The predicted octanol–water partition coefficient (Wildman–Crippen LogP) is 1.23. The highest BCUT2D eigenvalue weighted by Gasteiger charge is 2.23. The van der Waals surface area contributed by atoms with Gasteiger partial charge in [-0.15, -0.1) is 0 Å². The first kappa shape index (κ1) is 15.8. The van der Waals surface area contributed by atoms with Gasteiger partial charge in [-0.25, -0.2) is 0 Å². The molecule has 1 unspecified atom stereocenters. The first-order chi connectivity index (χ1) is 10.2. The Kier molecular flexibility index (Phi) is 6.02. The largest absolute Gasteiger partial charge is 0.497 e. The van der Waals surface area contributed by atoms with Crippen molar-refractivity contribution >= 4 is 5.91 Å². The topological polar surface area (TPSA) is 70.6 Å². The normalized spacial score (nSPS) is 17.2. The average molecular weight is 292 g/mol. The van der Waals surface area contributed by atoms with Crippen LogP contribution >= 0.6 is 0 Å². The highest BCUT2D eigenvalue weighted by atomic mass is 16.5. The van der Waals surface area contributed by atoms with Gasteiger partial charge < -0.3 is 20.5 Å². The minimum Gasteiger partial charge on any atom is -0.497 e. The van der Waals surface area contributed by atoms with Gasteiger partial charge in [0.05, 0.1) is 13.2 Å². The van der Waals surface area contributed by atoms with Crippen LogP contribution in [0.2, 0.25) is 0 Å². The zero-order chi connectivity index (χ0) is 15.1. The highest BCUT2D eigenvalue weighted by Crippen LogP contribution is 2.21. The lowest BCUT2D eigenvalue weighted by Crippen LogP contribution is -2.39. The van der Waals surface area contributed by atoms with Gasteiger partial charge in [0.1, 0.15) is 5.75 Å². The first-order valence-electron chi connectivity index (χ1n) is 7.50. The molecule has 2 rings (SSSR count). The second kappa shape index (κ2) is 8.00. The van der Waals surface area contributed by atoms with Crippen LogP contribution in [0.5, 0.6) is 5.75 Å². The van der Waals surface area contributed by atoms with Crippen LogP contribution in [-0.4, -0.2) is 37.8 Å². The van der Waals surface area contributed by atoms with Gasteiger partial charge in [0, 0.05) is 12.5 Å². The van der Waals surface area contributed by atoms with E-state index in [0.717, 1.165) is 37.2 Å². The van der Waals surface area contributed by atoms with Crippen molar-refractivity contribution < 1.29 is 14.6 Å². The molecule has 1 fully saturated rings. The maximum atomic E-state index is 12.3. The van der Waals surface area contributed by atoms with Crippen LogP contribution in [0, 0.1) is 5.92 Å². The Morgan fingerprint density at radius 3 is 2.62 bits per heavy atom. The van der Waals surface area contributed by atoms with Crippen molar-refractivity contribution in [1.82, 2.24) is 10.6 Å². The smallest absolute Gasteiger partial charge is 0.223 e. The van der Waals surface area contributed by atoms with E-state index in [-0.39, 0.29) is 24.5 Å². The first-order valence-corrected chi connectivity index (χ1v) is 7.50. The lowest BCUT2D eigenvalue weighted by Gasteiger charge is -2.25. The monoisotopic (exact) mass is 292 g/mol. The van der Waals surface area contributed by atoms with E-state index in [0.29, 0.717) is 6.42 Å². The molecule has 0 spiro atoms. The van der Waals surface area contributed by atoms with Crippen molar-refractivity contribution in [3.05, 3.63) is 29.8 Å². The molecule has 0 saturated carbocycles. The number of methoxy groups -OCH3 is 1. The second-order valence-electron chi connectivity index (χ2n) is 5.37. The van der Waals surface area contributed by atoms with Crippen molar-refractivity contribution in [3.8, 4) is 5.75 Å².